The second-order valence-corrected chi connectivity index (χ2v) is 4.47. The average molecular weight is 252 g/mol. The highest BCUT2D eigenvalue weighted by Crippen LogP contribution is 2.21. The van der Waals surface area contributed by atoms with Crippen molar-refractivity contribution >= 4 is 11.6 Å². The van der Waals surface area contributed by atoms with Crippen LogP contribution in [0.15, 0.2) is 18.2 Å². The maximum absolute atomic E-state index is 13.6. The highest BCUT2D eigenvalue weighted by atomic mass is 19.1. The number of rotatable bonds is 5. The third-order valence-electron chi connectivity index (χ3n) is 3.18. The number of halogens is 1. The summed E-state index contributed by atoms with van der Waals surface area (Å²) in [7, 11) is 3.37. The molecule has 1 amide bonds. The van der Waals surface area contributed by atoms with E-state index in [1.54, 1.807) is 31.1 Å². The quantitative estimate of drug-likeness (QED) is 0.873. The van der Waals surface area contributed by atoms with Crippen molar-refractivity contribution in [2.75, 3.05) is 19.4 Å². The molecule has 1 N–H and O–H groups in total. The van der Waals surface area contributed by atoms with Crippen molar-refractivity contribution in [2.45, 2.75) is 32.7 Å². The van der Waals surface area contributed by atoms with Crippen LogP contribution in [0.25, 0.3) is 0 Å². The van der Waals surface area contributed by atoms with E-state index in [0.717, 1.165) is 12.8 Å². The summed E-state index contributed by atoms with van der Waals surface area (Å²) in [6.07, 6.45) is 1.95. The molecule has 1 aromatic carbocycles. The molecule has 0 saturated carbocycles. The molecule has 0 aliphatic rings. The lowest BCUT2D eigenvalue weighted by atomic mass is 10.1. The van der Waals surface area contributed by atoms with Crippen molar-refractivity contribution in [1.29, 1.82) is 0 Å². The lowest BCUT2D eigenvalue weighted by molar-refractivity contribution is 0.0737. The van der Waals surface area contributed by atoms with Crippen molar-refractivity contribution in [1.82, 2.24) is 4.90 Å². The Morgan fingerprint density at radius 1 is 1.50 bits per heavy atom. The van der Waals surface area contributed by atoms with Crippen molar-refractivity contribution in [2.24, 2.45) is 0 Å². The minimum atomic E-state index is -0.403. The fraction of sp³-hybridized carbons (Fsp3) is 0.500. The number of carbonyl (C=O) groups is 1. The lowest BCUT2D eigenvalue weighted by Crippen LogP contribution is -2.35. The Labute approximate surface area is 108 Å². The van der Waals surface area contributed by atoms with Crippen LogP contribution < -0.4 is 5.32 Å². The molecule has 0 radical (unpaired) electrons. The normalized spacial score (nSPS) is 12.1. The zero-order valence-corrected chi connectivity index (χ0v) is 11.5. The number of carbonyl (C=O) groups excluding carboxylic acids is 1. The minimum absolute atomic E-state index is 0.149. The summed E-state index contributed by atoms with van der Waals surface area (Å²) in [6, 6.07) is 4.70. The topological polar surface area (TPSA) is 32.3 Å². The number of benzene rings is 1. The molecule has 1 aromatic rings. The van der Waals surface area contributed by atoms with Gasteiger partial charge in [0.1, 0.15) is 5.82 Å². The maximum Gasteiger partial charge on any atom is 0.256 e. The first-order valence-electron chi connectivity index (χ1n) is 6.26. The van der Waals surface area contributed by atoms with Gasteiger partial charge in [0.25, 0.3) is 5.91 Å². The molecule has 1 rings (SSSR count). The molecule has 0 heterocycles. The summed E-state index contributed by atoms with van der Waals surface area (Å²) in [4.78, 5) is 14.0. The molecule has 1 atom stereocenters. The van der Waals surface area contributed by atoms with Gasteiger partial charge in [-0.25, -0.2) is 4.39 Å². The number of para-hydroxylation sites is 1. The van der Waals surface area contributed by atoms with Crippen LogP contribution in [0.1, 0.15) is 37.0 Å². The maximum atomic E-state index is 13.6. The lowest BCUT2D eigenvalue weighted by Gasteiger charge is -2.25. The third kappa shape index (κ3) is 3.00. The van der Waals surface area contributed by atoms with E-state index in [0.29, 0.717) is 5.56 Å². The van der Waals surface area contributed by atoms with Gasteiger partial charge in [0.2, 0.25) is 0 Å². The monoisotopic (exact) mass is 252 g/mol. The second kappa shape index (κ2) is 6.38. The Morgan fingerprint density at radius 3 is 2.72 bits per heavy atom. The molecule has 0 spiro atoms. The van der Waals surface area contributed by atoms with Gasteiger partial charge in [-0.2, -0.15) is 0 Å². The first-order valence-corrected chi connectivity index (χ1v) is 6.26. The summed E-state index contributed by atoms with van der Waals surface area (Å²) in [5.74, 6) is -0.556. The van der Waals surface area contributed by atoms with Crippen molar-refractivity contribution in [3.63, 3.8) is 0 Å². The average Bonchev–Trinajstić information content (AvgIpc) is 2.37. The van der Waals surface area contributed by atoms with Gasteiger partial charge < -0.3 is 10.2 Å². The number of anilines is 1. The van der Waals surface area contributed by atoms with Crippen molar-refractivity contribution in [3.8, 4) is 0 Å². The zero-order chi connectivity index (χ0) is 13.7. The van der Waals surface area contributed by atoms with Gasteiger partial charge >= 0.3 is 0 Å². The van der Waals surface area contributed by atoms with E-state index < -0.39 is 5.82 Å². The van der Waals surface area contributed by atoms with Crippen LogP contribution in [0.2, 0.25) is 0 Å². The summed E-state index contributed by atoms with van der Waals surface area (Å²) < 4.78 is 13.6. The van der Waals surface area contributed by atoms with Gasteiger partial charge in [0.15, 0.2) is 0 Å². The largest absolute Gasteiger partial charge is 0.385 e. The molecule has 0 aliphatic carbocycles. The molecule has 1 unspecified atom stereocenters. The van der Waals surface area contributed by atoms with Crippen LogP contribution in [0, 0.1) is 5.82 Å². The molecule has 0 saturated heterocycles. The minimum Gasteiger partial charge on any atom is -0.385 e. The van der Waals surface area contributed by atoms with Crippen LogP contribution in [0.5, 0.6) is 0 Å². The summed E-state index contributed by atoms with van der Waals surface area (Å²) >= 11 is 0. The predicted octanol–water partition coefficient (Wildman–Crippen LogP) is 3.13. The van der Waals surface area contributed by atoms with E-state index in [1.165, 1.54) is 6.07 Å². The van der Waals surface area contributed by atoms with Gasteiger partial charge in [-0.05, 0) is 25.5 Å². The molecule has 0 aromatic heterocycles. The molecule has 0 bridgehead atoms. The Balaban J connectivity index is 3.00. The Bertz CT molecular complexity index is 420. The van der Waals surface area contributed by atoms with Crippen molar-refractivity contribution in [3.05, 3.63) is 29.6 Å². The van der Waals surface area contributed by atoms with Crippen LogP contribution >= 0.6 is 0 Å². The van der Waals surface area contributed by atoms with Gasteiger partial charge in [-0.1, -0.05) is 19.4 Å². The molecule has 0 fully saturated rings. The standard InChI is InChI=1S/C14H21FN2O/c1-5-7-10(2)17(4)14(18)11-8-6-9-12(15)13(11)16-3/h6,8-10,16H,5,7H2,1-4H3. The summed E-state index contributed by atoms with van der Waals surface area (Å²) in [6.45, 7) is 4.08. The first-order chi connectivity index (χ1) is 8.52. The van der Waals surface area contributed by atoms with Crippen LogP contribution in [-0.2, 0) is 0 Å². The predicted molar refractivity (Wildman–Crippen MR) is 72.4 cm³/mol. The van der Waals surface area contributed by atoms with Crippen LogP contribution in [0.3, 0.4) is 0 Å². The number of nitrogens with one attached hydrogen (secondary N) is 1. The van der Waals surface area contributed by atoms with Gasteiger partial charge in [-0.15, -0.1) is 0 Å². The Kier molecular flexibility index (Phi) is 5.13. The number of hydrogen-bond donors (Lipinski definition) is 1. The molecule has 18 heavy (non-hydrogen) atoms. The van der Waals surface area contributed by atoms with Gasteiger partial charge in [0.05, 0.1) is 11.3 Å². The SMILES string of the molecule is CCCC(C)N(C)C(=O)c1cccc(F)c1NC. The van der Waals surface area contributed by atoms with E-state index in [9.17, 15) is 9.18 Å². The Hall–Kier alpha value is -1.58. The summed E-state index contributed by atoms with van der Waals surface area (Å²) in [5.41, 5.74) is 0.640. The van der Waals surface area contributed by atoms with Crippen molar-refractivity contribution < 1.29 is 9.18 Å². The molecule has 4 heteroatoms. The fourth-order valence-corrected chi connectivity index (χ4v) is 1.96. The molecular formula is C14H21FN2O. The van der Waals surface area contributed by atoms with E-state index in [-0.39, 0.29) is 17.6 Å². The number of nitrogens with zero attached hydrogens (tertiary/aromatic N) is 1. The second-order valence-electron chi connectivity index (χ2n) is 4.47. The van der Waals surface area contributed by atoms with E-state index in [4.69, 9.17) is 0 Å². The number of hydrogen-bond acceptors (Lipinski definition) is 2. The third-order valence-corrected chi connectivity index (χ3v) is 3.18. The highest BCUT2D eigenvalue weighted by molar-refractivity contribution is 5.99. The van der Waals surface area contributed by atoms with Crippen LogP contribution in [0.4, 0.5) is 10.1 Å². The van der Waals surface area contributed by atoms with E-state index >= 15 is 0 Å². The van der Waals surface area contributed by atoms with E-state index in [2.05, 4.69) is 12.2 Å². The smallest absolute Gasteiger partial charge is 0.256 e. The zero-order valence-electron chi connectivity index (χ0n) is 11.5. The first kappa shape index (κ1) is 14.5. The fourth-order valence-electron chi connectivity index (χ4n) is 1.96. The summed E-state index contributed by atoms with van der Waals surface area (Å²) in [5, 5.41) is 2.75. The van der Waals surface area contributed by atoms with Gasteiger partial charge in [0, 0.05) is 20.1 Å². The molecule has 0 aliphatic heterocycles. The molecular weight excluding hydrogens is 231 g/mol. The van der Waals surface area contributed by atoms with Crippen LogP contribution in [-0.4, -0.2) is 30.9 Å². The molecule has 3 nitrogen and oxygen atoms in total. The highest BCUT2D eigenvalue weighted by Gasteiger charge is 2.20. The van der Waals surface area contributed by atoms with E-state index in [1.807, 2.05) is 6.92 Å². The number of amides is 1. The Morgan fingerprint density at radius 2 is 2.17 bits per heavy atom. The van der Waals surface area contributed by atoms with Gasteiger partial charge in [-0.3, -0.25) is 4.79 Å². The molecule has 100 valence electrons.